The summed E-state index contributed by atoms with van der Waals surface area (Å²) < 4.78 is 0. The number of nitrogens with one attached hydrogen (secondary N) is 2. The smallest absolute Gasteiger partial charge is 0.251 e. The minimum Gasteiger partial charge on any atom is -0.394 e. The maximum absolute atomic E-state index is 12.2. The Bertz CT molecular complexity index is 544. The van der Waals surface area contributed by atoms with E-state index in [0.29, 0.717) is 12.0 Å². The van der Waals surface area contributed by atoms with Crippen LogP contribution in [0.5, 0.6) is 0 Å². The van der Waals surface area contributed by atoms with Crippen LogP contribution in [0, 0.1) is 0 Å². The first-order valence-electron chi connectivity index (χ1n) is 6.48. The average Bonchev–Trinajstić information content (AvgIpc) is 2.72. The molecule has 1 aromatic carbocycles. The molecule has 0 radical (unpaired) electrons. The lowest BCUT2D eigenvalue weighted by atomic mass is 9.77. The summed E-state index contributed by atoms with van der Waals surface area (Å²) in [5, 5.41) is 15.0. The molecule has 3 N–H and O–H groups in total. The zero-order valence-corrected chi connectivity index (χ0v) is 10.5. The van der Waals surface area contributed by atoms with Gasteiger partial charge in [0, 0.05) is 11.3 Å². The molecular formula is C14H16N2O3. The topological polar surface area (TPSA) is 78.4 Å². The molecule has 0 spiro atoms. The van der Waals surface area contributed by atoms with Gasteiger partial charge in [0.1, 0.15) is 0 Å². The molecule has 1 heterocycles. The maximum Gasteiger partial charge on any atom is 0.251 e. The molecular weight excluding hydrogens is 244 g/mol. The Labute approximate surface area is 111 Å². The Kier molecular flexibility index (Phi) is 2.78. The predicted octanol–water partition coefficient (Wildman–Crippen LogP) is 0.826. The normalized spacial score (nSPS) is 19.3. The molecule has 2 amide bonds. The van der Waals surface area contributed by atoms with Crippen LogP contribution in [0.4, 0.5) is 5.69 Å². The second-order valence-corrected chi connectivity index (χ2v) is 5.34. The van der Waals surface area contributed by atoms with Crippen molar-refractivity contribution in [1.29, 1.82) is 0 Å². The number of rotatable bonds is 3. The highest BCUT2D eigenvalue weighted by molar-refractivity contribution is 6.01. The molecule has 1 aliphatic carbocycles. The van der Waals surface area contributed by atoms with Crippen molar-refractivity contribution in [2.75, 3.05) is 11.9 Å². The Hall–Kier alpha value is -1.88. The van der Waals surface area contributed by atoms with Crippen molar-refractivity contribution in [3.63, 3.8) is 0 Å². The number of carbonyl (C=O) groups is 2. The fourth-order valence-electron chi connectivity index (χ4n) is 2.61. The molecule has 0 aromatic heterocycles. The maximum atomic E-state index is 12.2. The van der Waals surface area contributed by atoms with Gasteiger partial charge in [-0.2, -0.15) is 0 Å². The number of amides is 2. The van der Waals surface area contributed by atoms with E-state index < -0.39 is 5.54 Å². The molecule has 100 valence electrons. The van der Waals surface area contributed by atoms with Crippen molar-refractivity contribution < 1.29 is 14.7 Å². The molecule has 1 fully saturated rings. The summed E-state index contributed by atoms with van der Waals surface area (Å²) in [6.07, 6.45) is 2.99. The lowest BCUT2D eigenvalue weighted by Gasteiger charge is -2.40. The summed E-state index contributed by atoms with van der Waals surface area (Å²) in [6, 6.07) is 5.19. The molecule has 2 aliphatic rings. The largest absolute Gasteiger partial charge is 0.394 e. The molecule has 3 rings (SSSR count). The summed E-state index contributed by atoms with van der Waals surface area (Å²) in [6.45, 7) is -0.0241. The van der Waals surface area contributed by atoms with Crippen molar-refractivity contribution in [3.8, 4) is 0 Å². The average molecular weight is 260 g/mol. The van der Waals surface area contributed by atoms with Crippen LogP contribution >= 0.6 is 0 Å². The molecule has 1 saturated carbocycles. The van der Waals surface area contributed by atoms with Crippen LogP contribution in [0.1, 0.15) is 35.2 Å². The van der Waals surface area contributed by atoms with Gasteiger partial charge in [0.05, 0.1) is 18.6 Å². The summed E-state index contributed by atoms with van der Waals surface area (Å²) in [5.41, 5.74) is 1.73. The fraction of sp³-hybridized carbons (Fsp3) is 0.429. The Balaban J connectivity index is 1.77. The highest BCUT2D eigenvalue weighted by Gasteiger charge is 2.38. The molecule has 5 nitrogen and oxygen atoms in total. The van der Waals surface area contributed by atoms with E-state index in [4.69, 9.17) is 0 Å². The Morgan fingerprint density at radius 3 is 2.84 bits per heavy atom. The number of fused-ring (bicyclic) bond motifs is 1. The summed E-state index contributed by atoms with van der Waals surface area (Å²) in [7, 11) is 0. The first-order chi connectivity index (χ1) is 9.12. The SMILES string of the molecule is O=C1Cc2cc(C(=O)NC3(CO)CCC3)ccc2N1. The summed E-state index contributed by atoms with van der Waals surface area (Å²) in [4.78, 5) is 23.4. The van der Waals surface area contributed by atoms with Crippen LogP contribution in [-0.4, -0.2) is 29.1 Å². The Morgan fingerprint density at radius 2 is 2.21 bits per heavy atom. The Morgan fingerprint density at radius 1 is 1.42 bits per heavy atom. The van der Waals surface area contributed by atoms with Gasteiger partial charge >= 0.3 is 0 Å². The van der Waals surface area contributed by atoms with Crippen molar-refractivity contribution in [1.82, 2.24) is 5.32 Å². The lowest BCUT2D eigenvalue weighted by molar-refractivity contribution is -0.115. The number of carbonyl (C=O) groups excluding carboxylic acids is 2. The number of anilines is 1. The van der Waals surface area contributed by atoms with Gasteiger partial charge in [0.25, 0.3) is 5.91 Å². The van der Waals surface area contributed by atoms with Crippen LogP contribution < -0.4 is 10.6 Å². The van der Waals surface area contributed by atoms with Gasteiger partial charge in [-0.3, -0.25) is 9.59 Å². The number of aliphatic hydroxyl groups is 1. The third-order valence-corrected chi connectivity index (χ3v) is 3.98. The second-order valence-electron chi connectivity index (χ2n) is 5.34. The van der Waals surface area contributed by atoms with Crippen molar-refractivity contribution >= 4 is 17.5 Å². The van der Waals surface area contributed by atoms with Crippen LogP contribution in [0.15, 0.2) is 18.2 Å². The van der Waals surface area contributed by atoms with Crippen molar-refractivity contribution in [2.24, 2.45) is 0 Å². The van der Waals surface area contributed by atoms with E-state index in [9.17, 15) is 14.7 Å². The molecule has 0 unspecified atom stereocenters. The van der Waals surface area contributed by atoms with E-state index in [2.05, 4.69) is 10.6 Å². The van der Waals surface area contributed by atoms with Crippen LogP contribution in [-0.2, 0) is 11.2 Å². The van der Waals surface area contributed by atoms with E-state index in [1.54, 1.807) is 18.2 Å². The number of aliphatic hydroxyl groups excluding tert-OH is 1. The summed E-state index contributed by atoms with van der Waals surface area (Å²) >= 11 is 0. The van der Waals surface area contributed by atoms with Gasteiger partial charge in [0.15, 0.2) is 0 Å². The molecule has 0 saturated heterocycles. The number of hydrogen-bond donors (Lipinski definition) is 3. The quantitative estimate of drug-likeness (QED) is 0.753. The molecule has 0 atom stereocenters. The highest BCUT2D eigenvalue weighted by atomic mass is 16.3. The van der Waals surface area contributed by atoms with Crippen LogP contribution in [0.25, 0.3) is 0 Å². The molecule has 0 bridgehead atoms. The first kappa shape index (κ1) is 12.2. The van der Waals surface area contributed by atoms with E-state index in [0.717, 1.165) is 30.5 Å². The van der Waals surface area contributed by atoms with E-state index >= 15 is 0 Å². The lowest BCUT2D eigenvalue weighted by Crippen LogP contribution is -2.56. The van der Waals surface area contributed by atoms with Crippen LogP contribution in [0.3, 0.4) is 0 Å². The molecule has 1 aromatic rings. The minimum atomic E-state index is -0.440. The van der Waals surface area contributed by atoms with E-state index in [1.165, 1.54) is 0 Å². The summed E-state index contributed by atoms with van der Waals surface area (Å²) in [5.74, 6) is -0.228. The van der Waals surface area contributed by atoms with Gasteiger partial charge in [-0.15, -0.1) is 0 Å². The van der Waals surface area contributed by atoms with Crippen molar-refractivity contribution in [2.45, 2.75) is 31.2 Å². The second kappa shape index (κ2) is 4.35. The monoisotopic (exact) mass is 260 g/mol. The van der Waals surface area contributed by atoms with Crippen molar-refractivity contribution in [3.05, 3.63) is 29.3 Å². The van der Waals surface area contributed by atoms with Gasteiger partial charge < -0.3 is 15.7 Å². The first-order valence-corrected chi connectivity index (χ1v) is 6.48. The standard InChI is InChI=1S/C14H16N2O3/c17-8-14(4-1-5-14)16-13(19)9-2-3-11-10(6-9)7-12(18)15-11/h2-3,6,17H,1,4-5,7-8H2,(H,15,18)(H,16,19). The van der Waals surface area contributed by atoms with Gasteiger partial charge in [-0.1, -0.05) is 0 Å². The third kappa shape index (κ3) is 2.10. The van der Waals surface area contributed by atoms with E-state index in [-0.39, 0.29) is 18.4 Å². The zero-order chi connectivity index (χ0) is 13.5. The predicted molar refractivity (Wildman–Crippen MR) is 69.9 cm³/mol. The fourth-order valence-corrected chi connectivity index (χ4v) is 2.61. The zero-order valence-electron chi connectivity index (χ0n) is 10.5. The van der Waals surface area contributed by atoms with Gasteiger partial charge in [0.2, 0.25) is 5.91 Å². The molecule has 5 heteroatoms. The molecule has 1 aliphatic heterocycles. The minimum absolute atomic E-state index is 0.0241. The number of benzene rings is 1. The van der Waals surface area contributed by atoms with Gasteiger partial charge in [-0.25, -0.2) is 0 Å². The molecule has 19 heavy (non-hydrogen) atoms. The third-order valence-electron chi connectivity index (χ3n) is 3.98. The number of hydrogen-bond acceptors (Lipinski definition) is 3. The van der Waals surface area contributed by atoms with Gasteiger partial charge in [-0.05, 0) is 43.0 Å². The van der Waals surface area contributed by atoms with E-state index in [1.807, 2.05) is 0 Å². The van der Waals surface area contributed by atoms with Crippen LogP contribution in [0.2, 0.25) is 0 Å². The highest BCUT2D eigenvalue weighted by Crippen LogP contribution is 2.32.